The third-order valence-electron chi connectivity index (χ3n) is 6.41. The van der Waals surface area contributed by atoms with Gasteiger partial charge in [-0.15, -0.1) is 0 Å². The van der Waals surface area contributed by atoms with E-state index in [4.69, 9.17) is 14.6 Å². The summed E-state index contributed by atoms with van der Waals surface area (Å²) in [5.74, 6) is -0.310. The average Bonchev–Trinajstić information content (AvgIpc) is 3.24. The van der Waals surface area contributed by atoms with Crippen molar-refractivity contribution in [3.05, 3.63) is 107 Å². The first-order chi connectivity index (χ1) is 18.3. The Morgan fingerprint density at radius 1 is 0.921 bits per heavy atom. The summed E-state index contributed by atoms with van der Waals surface area (Å²) in [5.41, 5.74) is 7.57. The van der Waals surface area contributed by atoms with Crippen LogP contribution in [0.3, 0.4) is 0 Å². The van der Waals surface area contributed by atoms with Crippen LogP contribution in [0.5, 0.6) is 0 Å². The van der Waals surface area contributed by atoms with E-state index >= 15 is 0 Å². The zero-order valence-electron chi connectivity index (χ0n) is 23.2. The third kappa shape index (κ3) is 6.59. The van der Waals surface area contributed by atoms with Crippen LogP contribution in [-0.2, 0) is 28.9 Å². The van der Waals surface area contributed by atoms with Crippen LogP contribution in [0.2, 0.25) is 0 Å². The van der Waals surface area contributed by atoms with Crippen molar-refractivity contribution in [2.45, 2.75) is 65.6 Å². The van der Waals surface area contributed by atoms with Crippen molar-refractivity contribution in [2.24, 2.45) is 0 Å². The van der Waals surface area contributed by atoms with Crippen molar-refractivity contribution in [3.8, 4) is 16.8 Å². The quantitative estimate of drug-likeness (QED) is 0.206. The van der Waals surface area contributed by atoms with Crippen LogP contribution in [0.1, 0.15) is 73.4 Å². The highest BCUT2D eigenvalue weighted by molar-refractivity contribution is 5.97. The van der Waals surface area contributed by atoms with E-state index in [1.807, 2.05) is 63.2 Å². The Hall–Kier alpha value is -3.70. The first kappa shape index (κ1) is 27.3. The molecule has 198 valence electrons. The van der Waals surface area contributed by atoms with Crippen molar-refractivity contribution in [3.63, 3.8) is 0 Å². The second kappa shape index (κ2) is 12.2. The summed E-state index contributed by atoms with van der Waals surface area (Å²) in [6.07, 6.45) is 3.93. The maximum atomic E-state index is 12.9. The van der Waals surface area contributed by atoms with Crippen molar-refractivity contribution in [2.75, 3.05) is 7.11 Å². The number of benzene rings is 3. The number of nitrogens with zero attached hydrogens (tertiary/aromatic N) is 2. The van der Waals surface area contributed by atoms with E-state index in [1.54, 1.807) is 7.11 Å². The molecule has 1 aromatic heterocycles. The van der Waals surface area contributed by atoms with Gasteiger partial charge in [0.1, 0.15) is 5.60 Å². The van der Waals surface area contributed by atoms with E-state index < -0.39 is 5.60 Å². The SMILES string of the molecule is CCCCc1c(Cc2ccc(-c3ccccc3C(=O)OC(C)(C)C)cc2)c(COC)nn1-c1ccccc1. The Balaban J connectivity index is 1.67. The number of aromatic nitrogens is 2. The van der Waals surface area contributed by atoms with E-state index in [0.29, 0.717) is 12.2 Å². The van der Waals surface area contributed by atoms with Gasteiger partial charge < -0.3 is 9.47 Å². The topological polar surface area (TPSA) is 53.4 Å². The van der Waals surface area contributed by atoms with Crippen LogP contribution in [0, 0.1) is 0 Å². The molecule has 0 aliphatic rings. The van der Waals surface area contributed by atoms with Gasteiger partial charge in [0.25, 0.3) is 0 Å². The van der Waals surface area contributed by atoms with Crippen LogP contribution < -0.4 is 0 Å². The minimum Gasteiger partial charge on any atom is -0.456 e. The zero-order chi connectivity index (χ0) is 27.1. The maximum absolute atomic E-state index is 12.9. The fourth-order valence-electron chi connectivity index (χ4n) is 4.63. The molecule has 0 aliphatic carbocycles. The molecule has 0 N–H and O–H groups in total. The molecule has 0 fully saturated rings. The smallest absolute Gasteiger partial charge is 0.339 e. The normalized spacial score (nSPS) is 11.5. The highest BCUT2D eigenvalue weighted by Crippen LogP contribution is 2.28. The van der Waals surface area contributed by atoms with E-state index in [9.17, 15) is 4.79 Å². The molecule has 5 heteroatoms. The molecule has 5 nitrogen and oxygen atoms in total. The van der Waals surface area contributed by atoms with Gasteiger partial charge in [-0.2, -0.15) is 5.10 Å². The summed E-state index contributed by atoms with van der Waals surface area (Å²) in [7, 11) is 1.72. The minimum absolute atomic E-state index is 0.310. The van der Waals surface area contributed by atoms with E-state index in [-0.39, 0.29) is 5.97 Å². The lowest BCUT2D eigenvalue weighted by atomic mass is 9.95. The molecule has 3 aromatic carbocycles. The Bertz CT molecular complexity index is 1350. The second-order valence-electron chi connectivity index (χ2n) is 10.6. The molecule has 38 heavy (non-hydrogen) atoms. The fraction of sp³-hybridized carbons (Fsp3) is 0.333. The molecule has 4 rings (SSSR count). The van der Waals surface area contributed by atoms with Gasteiger partial charge in [0.05, 0.1) is 23.6 Å². The zero-order valence-corrected chi connectivity index (χ0v) is 23.2. The Morgan fingerprint density at radius 3 is 2.26 bits per heavy atom. The molecule has 0 unspecified atom stereocenters. The summed E-state index contributed by atoms with van der Waals surface area (Å²) in [6, 6.07) is 26.4. The molecular formula is C33H38N2O3. The summed E-state index contributed by atoms with van der Waals surface area (Å²) < 4.78 is 13.3. The molecule has 0 radical (unpaired) electrons. The number of ether oxygens (including phenoxy) is 2. The molecular weight excluding hydrogens is 472 g/mol. The Morgan fingerprint density at radius 2 is 1.61 bits per heavy atom. The molecule has 0 saturated carbocycles. The van der Waals surface area contributed by atoms with Crippen LogP contribution >= 0.6 is 0 Å². The maximum Gasteiger partial charge on any atom is 0.339 e. The predicted molar refractivity (Wildman–Crippen MR) is 153 cm³/mol. The summed E-state index contributed by atoms with van der Waals surface area (Å²) in [6.45, 7) is 8.33. The lowest BCUT2D eigenvalue weighted by Crippen LogP contribution is -2.24. The second-order valence-corrected chi connectivity index (χ2v) is 10.6. The standard InChI is InChI=1S/C33H38N2O3/c1-6-7-17-31-29(30(23-37-5)34-35(31)26-13-9-8-10-14-26)22-24-18-20-25(21-19-24)27-15-11-12-16-28(27)32(36)38-33(2,3)4/h8-16,18-21H,6-7,17,22-23H2,1-5H3. The number of hydrogen-bond acceptors (Lipinski definition) is 4. The summed E-state index contributed by atoms with van der Waals surface area (Å²) in [5, 5.41) is 4.98. The highest BCUT2D eigenvalue weighted by Gasteiger charge is 2.21. The molecule has 4 aromatic rings. The monoisotopic (exact) mass is 510 g/mol. The van der Waals surface area contributed by atoms with Crippen LogP contribution in [0.4, 0.5) is 0 Å². The number of hydrogen-bond donors (Lipinski definition) is 0. The van der Waals surface area contributed by atoms with Crippen molar-refractivity contribution in [1.82, 2.24) is 9.78 Å². The van der Waals surface area contributed by atoms with Gasteiger partial charge in [-0.05, 0) is 68.5 Å². The van der Waals surface area contributed by atoms with Crippen LogP contribution in [-0.4, -0.2) is 28.5 Å². The van der Waals surface area contributed by atoms with Gasteiger partial charge in [0, 0.05) is 24.8 Å². The predicted octanol–water partition coefficient (Wildman–Crippen LogP) is 7.57. The number of unbranched alkanes of at least 4 members (excludes halogenated alkanes) is 1. The Labute approximate surface area is 226 Å². The van der Waals surface area contributed by atoms with E-state index in [2.05, 4.69) is 48.0 Å². The van der Waals surface area contributed by atoms with Crippen LogP contribution in [0.15, 0.2) is 78.9 Å². The molecule has 0 atom stereocenters. The van der Waals surface area contributed by atoms with Gasteiger partial charge in [-0.25, -0.2) is 9.48 Å². The molecule has 1 heterocycles. The number of para-hydroxylation sites is 1. The van der Waals surface area contributed by atoms with Crippen LogP contribution in [0.25, 0.3) is 16.8 Å². The van der Waals surface area contributed by atoms with Gasteiger partial charge >= 0.3 is 5.97 Å². The number of rotatable bonds is 10. The highest BCUT2D eigenvalue weighted by atomic mass is 16.6. The van der Waals surface area contributed by atoms with Crippen molar-refractivity contribution >= 4 is 5.97 Å². The van der Waals surface area contributed by atoms with E-state index in [1.165, 1.54) is 16.8 Å². The van der Waals surface area contributed by atoms with Crippen molar-refractivity contribution < 1.29 is 14.3 Å². The minimum atomic E-state index is -0.548. The lowest BCUT2D eigenvalue weighted by molar-refractivity contribution is 0.00704. The number of esters is 1. The lowest BCUT2D eigenvalue weighted by Gasteiger charge is -2.20. The molecule has 0 amide bonds. The van der Waals surface area contributed by atoms with Gasteiger partial charge in [0.2, 0.25) is 0 Å². The molecule has 0 aliphatic heterocycles. The number of carbonyl (C=O) groups excluding carboxylic acids is 1. The third-order valence-corrected chi connectivity index (χ3v) is 6.41. The van der Waals surface area contributed by atoms with Gasteiger partial charge in [-0.3, -0.25) is 0 Å². The Kier molecular flexibility index (Phi) is 8.80. The molecule has 0 spiro atoms. The summed E-state index contributed by atoms with van der Waals surface area (Å²) in [4.78, 5) is 12.9. The van der Waals surface area contributed by atoms with Gasteiger partial charge in [-0.1, -0.05) is 74.0 Å². The largest absolute Gasteiger partial charge is 0.456 e. The number of methoxy groups -OCH3 is 1. The van der Waals surface area contributed by atoms with E-state index in [0.717, 1.165) is 48.2 Å². The first-order valence-electron chi connectivity index (χ1n) is 13.4. The number of carbonyl (C=O) groups is 1. The first-order valence-corrected chi connectivity index (χ1v) is 13.4. The molecule has 0 bridgehead atoms. The van der Waals surface area contributed by atoms with Gasteiger partial charge in [0.15, 0.2) is 0 Å². The fourth-order valence-corrected chi connectivity index (χ4v) is 4.63. The van der Waals surface area contributed by atoms with Crippen molar-refractivity contribution in [1.29, 1.82) is 0 Å². The molecule has 0 saturated heterocycles. The average molecular weight is 511 g/mol. The summed E-state index contributed by atoms with van der Waals surface area (Å²) >= 11 is 0.